The highest BCUT2D eigenvalue weighted by Gasteiger charge is 2.27. The Labute approximate surface area is 179 Å². The third kappa shape index (κ3) is 4.52. The second kappa shape index (κ2) is 9.23. The second-order valence-corrected chi connectivity index (χ2v) is 8.15. The van der Waals surface area contributed by atoms with Crippen LogP contribution in [0, 0.1) is 30.2 Å². The van der Waals surface area contributed by atoms with Gasteiger partial charge in [-0.3, -0.25) is 0 Å². The third-order valence-electron chi connectivity index (χ3n) is 6.14. The maximum absolute atomic E-state index is 14.8. The normalized spacial score (nSPS) is 18.9. The molecule has 0 aromatic heterocycles. The number of ether oxygens (including phenoxy) is 1. The lowest BCUT2D eigenvalue weighted by atomic mass is 9.82. The molecule has 0 saturated heterocycles. The smallest absolute Gasteiger partial charge is 0.166 e. The topological polar surface area (TPSA) is 9.23 Å². The van der Waals surface area contributed by atoms with Gasteiger partial charge >= 0.3 is 0 Å². The van der Waals surface area contributed by atoms with Crippen LogP contribution in [0.4, 0.5) is 17.6 Å². The average molecular weight is 428 g/mol. The Morgan fingerprint density at radius 3 is 2.16 bits per heavy atom. The predicted molar refractivity (Wildman–Crippen MR) is 113 cm³/mol. The highest BCUT2D eigenvalue weighted by Crippen LogP contribution is 2.38. The molecule has 0 unspecified atom stereocenters. The number of halogens is 4. The van der Waals surface area contributed by atoms with Gasteiger partial charge in [0.15, 0.2) is 23.3 Å². The Bertz CT molecular complexity index is 1060. The zero-order valence-electron chi connectivity index (χ0n) is 17.3. The molecule has 0 heterocycles. The minimum Gasteiger partial charge on any atom is -0.373 e. The summed E-state index contributed by atoms with van der Waals surface area (Å²) in [5.41, 5.74) is 1.74. The maximum Gasteiger partial charge on any atom is 0.166 e. The molecular formula is C26H24F4O. The summed E-state index contributed by atoms with van der Waals surface area (Å²) in [6, 6.07) is 15.3. The van der Waals surface area contributed by atoms with Crippen LogP contribution in [0.15, 0.2) is 54.6 Å². The number of benzene rings is 3. The van der Waals surface area contributed by atoms with Gasteiger partial charge in [-0.25, -0.2) is 17.6 Å². The summed E-state index contributed by atoms with van der Waals surface area (Å²) in [5, 5.41) is 0. The van der Waals surface area contributed by atoms with E-state index in [-0.39, 0.29) is 35.3 Å². The first-order chi connectivity index (χ1) is 15.0. The van der Waals surface area contributed by atoms with Gasteiger partial charge < -0.3 is 4.74 Å². The van der Waals surface area contributed by atoms with Crippen molar-refractivity contribution in [2.45, 2.75) is 51.2 Å². The van der Waals surface area contributed by atoms with Crippen LogP contribution in [0.25, 0.3) is 11.1 Å². The lowest BCUT2D eigenvalue weighted by Gasteiger charge is -2.29. The van der Waals surface area contributed by atoms with Gasteiger partial charge in [-0.15, -0.1) is 0 Å². The number of hydrogen-bond donors (Lipinski definition) is 0. The van der Waals surface area contributed by atoms with Crippen molar-refractivity contribution in [3.63, 3.8) is 0 Å². The largest absolute Gasteiger partial charge is 0.373 e. The molecule has 0 aliphatic heterocycles. The van der Waals surface area contributed by atoms with E-state index in [4.69, 9.17) is 4.74 Å². The highest BCUT2D eigenvalue weighted by molar-refractivity contribution is 5.64. The fourth-order valence-corrected chi connectivity index (χ4v) is 4.27. The van der Waals surface area contributed by atoms with Crippen molar-refractivity contribution >= 4 is 0 Å². The summed E-state index contributed by atoms with van der Waals surface area (Å²) in [4.78, 5) is 0. The van der Waals surface area contributed by atoms with E-state index in [2.05, 4.69) is 0 Å². The molecule has 5 heteroatoms. The predicted octanol–water partition coefficient (Wildman–Crippen LogP) is 7.46. The first-order valence-corrected chi connectivity index (χ1v) is 10.5. The van der Waals surface area contributed by atoms with Crippen molar-refractivity contribution < 1.29 is 22.3 Å². The Morgan fingerprint density at radius 2 is 1.45 bits per heavy atom. The van der Waals surface area contributed by atoms with Crippen molar-refractivity contribution in [1.29, 1.82) is 0 Å². The van der Waals surface area contributed by atoms with E-state index in [1.807, 2.05) is 6.07 Å². The number of aryl methyl sites for hydroxylation is 1. The molecule has 31 heavy (non-hydrogen) atoms. The molecule has 0 N–H and O–H groups in total. The van der Waals surface area contributed by atoms with Crippen molar-refractivity contribution in [2.24, 2.45) is 0 Å². The SMILES string of the molecule is Cc1ccc(COC2CCC(c3ccc(-c4ccccc4)c(F)c3F)CC2)c(F)c1F. The molecule has 3 aromatic rings. The van der Waals surface area contributed by atoms with Gasteiger partial charge in [0.05, 0.1) is 12.7 Å². The number of rotatable bonds is 5. The van der Waals surface area contributed by atoms with Crippen LogP contribution in [-0.4, -0.2) is 6.10 Å². The highest BCUT2D eigenvalue weighted by atomic mass is 19.2. The Kier molecular flexibility index (Phi) is 6.42. The fourth-order valence-electron chi connectivity index (χ4n) is 4.27. The minimum absolute atomic E-state index is 0.00682. The minimum atomic E-state index is -0.871. The zero-order chi connectivity index (χ0) is 22.0. The Morgan fingerprint density at radius 1 is 0.742 bits per heavy atom. The molecule has 1 aliphatic rings. The van der Waals surface area contributed by atoms with E-state index in [1.165, 1.54) is 19.1 Å². The molecule has 1 fully saturated rings. The lowest BCUT2D eigenvalue weighted by Crippen LogP contribution is -2.21. The molecule has 0 spiro atoms. The second-order valence-electron chi connectivity index (χ2n) is 8.15. The summed E-state index contributed by atoms with van der Waals surface area (Å²) < 4.78 is 63.0. The lowest BCUT2D eigenvalue weighted by molar-refractivity contribution is 0.0116. The van der Waals surface area contributed by atoms with Gasteiger partial charge in [0, 0.05) is 11.1 Å². The van der Waals surface area contributed by atoms with Gasteiger partial charge in [0.1, 0.15) is 0 Å². The quantitative estimate of drug-likeness (QED) is 0.383. The van der Waals surface area contributed by atoms with Crippen LogP contribution in [0.1, 0.15) is 48.3 Å². The molecule has 0 bridgehead atoms. The van der Waals surface area contributed by atoms with E-state index in [9.17, 15) is 17.6 Å². The van der Waals surface area contributed by atoms with Crippen LogP contribution in [-0.2, 0) is 11.3 Å². The van der Waals surface area contributed by atoms with Gasteiger partial charge in [0.2, 0.25) is 0 Å². The molecule has 0 atom stereocenters. The molecule has 1 aliphatic carbocycles. The van der Waals surface area contributed by atoms with Crippen LogP contribution in [0.5, 0.6) is 0 Å². The number of hydrogen-bond acceptors (Lipinski definition) is 1. The van der Waals surface area contributed by atoms with Crippen LogP contribution in [0.3, 0.4) is 0 Å². The van der Waals surface area contributed by atoms with E-state index >= 15 is 0 Å². The maximum atomic E-state index is 14.8. The molecule has 4 rings (SSSR count). The van der Waals surface area contributed by atoms with Crippen molar-refractivity contribution in [3.8, 4) is 11.1 Å². The summed E-state index contributed by atoms with van der Waals surface area (Å²) in [5.74, 6) is -3.42. The van der Waals surface area contributed by atoms with Gasteiger partial charge in [0.25, 0.3) is 0 Å². The fraction of sp³-hybridized carbons (Fsp3) is 0.308. The molecule has 1 nitrogen and oxygen atoms in total. The van der Waals surface area contributed by atoms with Gasteiger partial charge in [-0.2, -0.15) is 0 Å². The van der Waals surface area contributed by atoms with Gasteiger partial charge in [-0.05, 0) is 55.2 Å². The third-order valence-corrected chi connectivity index (χ3v) is 6.14. The Hall–Kier alpha value is -2.66. The first-order valence-electron chi connectivity index (χ1n) is 10.5. The van der Waals surface area contributed by atoms with Crippen LogP contribution in [0.2, 0.25) is 0 Å². The summed E-state index contributed by atoms with van der Waals surface area (Å²) in [6.45, 7) is 1.51. The molecule has 3 aromatic carbocycles. The van der Waals surface area contributed by atoms with E-state index in [0.29, 0.717) is 36.8 Å². The monoisotopic (exact) mass is 428 g/mol. The molecule has 0 radical (unpaired) electrons. The standard InChI is InChI=1S/C26H24F4O/c1-16-7-8-19(24(28)23(16)27)15-31-20-11-9-18(10-12-20)22-14-13-21(25(29)26(22)30)17-5-3-2-4-6-17/h2-8,13-14,18,20H,9-12,15H2,1H3. The van der Waals surface area contributed by atoms with Crippen LogP contribution >= 0.6 is 0 Å². The van der Waals surface area contributed by atoms with Gasteiger partial charge in [-0.1, -0.05) is 54.6 Å². The summed E-state index contributed by atoms with van der Waals surface area (Å²) in [7, 11) is 0. The van der Waals surface area contributed by atoms with E-state index in [0.717, 1.165) is 0 Å². The molecule has 1 saturated carbocycles. The molecule has 162 valence electrons. The molecule has 0 amide bonds. The Balaban J connectivity index is 1.39. The van der Waals surface area contributed by atoms with Crippen molar-refractivity contribution in [2.75, 3.05) is 0 Å². The van der Waals surface area contributed by atoms with Crippen molar-refractivity contribution in [3.05, 3.63) is 94.6 Å². The van der Waals surface area contributed by atoms with Crippen LogP contribution < -0.4 is 0 Å². The summed E-state index contributed by atoms with van der Waals surface area (Å²) in [6.07, 6.45) is 2.49. The first kappa shape index (κ1) is 21.6. The van der Waals surface area contributed by atoms with E-state index in [1.54, 1.807) is 36.4 Å². The van der Waals surface area contributed by atoms with Crippen molar-refractivity contribution in [1.82, 2.24) is 0 Å². The average Bonchev–Trinajstić information content (AvgIpc) is 2.80. The van der Waals surface area contributed by atoms with E-state index < -0.39 is 23.3 Å². The zero-order valence-corrected chi connectivity index (χ0v) is 17.3. The molecular weight excluding hydrogens is 404 g/mol. The summed E-state index contributed by atoms with van der Waals surface area (Å²) >= 11 is 0.